The molecule has 4 heteroatoms. The lowest BCUT2D eigenvalue weighted by molar-refractivity contribution is 0.0571. The van der Waals surface area contributed by atoms with Gasteiger partial charge in [0.15, 0.2) is 0 Å². The Labute approximate surface area is 143 Å². The highest BCUT2D eigenvalue weighted by atomic mass is 16.5. The zero-order valence-electron chi connectivity index (χ0n) is 14.1. The number of anilines is 1. The highest BCUT2D eigenvalue weighted by Gasteiger charge is 2.36. The molecule has 24 heavy (non-hydrogen) atoms. The normalized spacial score (nSPS) is 24.0. The van der Waals surface area contributed by atoms with Gasteiger partial charge in [0, 0.05) is 32.2 Å². The number of aliphatic hydroxyl groups is 1. The van der Waals surface area contributed by atoms with Crippen LogP contribution in [0, 0.1) is 0 Å². The first-order chi connectivity index (χ1) is 11.8. The van der Waals surface area contributed by atoms with Crippen LogP contribution in [0.15, 0.2) is 48.5 Å². The summed E-state index contributed by atoms with van der Waals surface area (Å²) in [5.74, 6) is 0.930. The second-order valence-electron chi connectivity index (χ2n) is 6.61. The van der Waals surface area contributed by atoms with Gasteiger partial charge in [-0.2, -0.15) is 0 Å². The maximum atomic E-state index is 10.7. The predicted octanol–water partition coefficient (Wildman–Crippen LogP) is 2.48. The molecule has 2 aliphatic rings. The summed E-state index contributed by atoms with van der Waals surface area (Å²) >= 11 is 0. The number of benzene rings is 2. The van der Waals surface area contributed by atoms with E-state index in [4.69, 9.17) is 4.74 Å². The minimum atomic E-state index is -0.362. The number of methoxy groups -OCH3 is 1. The lowest BCUT2D eigenvalue weighted by Crippen LogP contribution is -2.51. The molecule has 0 saturated carbocycles. The first kappa shape index (κ1) is 15.5. The first-order valence-corrected chi connectivity index (χ1v) is 8.66. The number of piperazine rings is 1. The average molecular weight is 324 g/mol. The summed E-state index contributed by atoms with van der Waals surface area (Å²) in [6.45, 7) is 3.85. The minimum absolute atomic E-state index is 0.210. The molecule has 0 aromatic heterocycles. The van der Waals surface area contributed by atoms with Crippen molar-refractivity contribution < 1.29 is 9.84 Å². The molecule has 4 nitrogen and oxygen atoms in total. The van der Waals surface area contributed by atoms with E-state index in [0.29, 0.717) is 0 Å². The van der Waals surface area contributed by atoms with E-state index in [0.717, 1.165) is 49.6 Å². The van der Waals surface area contributed by atoms with Gasteiger partial charge in [0.25, 0.3) is 0 Å². The Bertz CT molecular complexity index is 710. The Kier molecular flexibility index (Phi) is 4.17. The van der Waals surface area contributed by atoms with Crippen molar-refractivity contribution in [2.75, 3.05) is 38.2 Å². The minimum Gasteiger partial charge on any atom is -0.495 e. The highest BCUT2D eigenvalue weighted by Crippen LogP contribution is 2.35. The van der Waals surface area contributed by atoms with E-state index in [-0.39, 0.29) is 12.1 Å². The lowest BCUT2D eigenvalue weighted by atomic mass is 10.1. The van der Waals surface area contributed by atoms with Crippen LogP contribution in [-0.2, 0) is 6.42 Å². The molecule has 4 rings (SSSR count). The Hall–Kier alpha value is -2.04. The molecule has 1 aliphatic heterocycles. The molecule has 1 heterocycles. The number of ether oxygens (including phenoxy) is 1. The van der Waals surface area contributed by atoms with Gasteiger partial charge in [-0.15, -0.1) is 0 Å². The van der Waals surface area contributed by atoms with E-state index in [1.54, 1.807) is 7.11 Å². The molecular weight excluding hydrogens is 300 g/mol. The first-order valence-electron chi connectivity index (χ1n) is 8.66. The van der Waals surface area contributed by atoms with E-state index in [1.807, 2.05) is 18.2 Å². The maximum Gasteiger partial charge on any atom is 0.142 e. The molecule has 1 N–H and O–H groups in total. The third-order valence-corrected chi connectivity index (χ3v) is 5.38. The fourth-order valence-corrected chi connectivity index (χ4v) is 4.07. The van der Waals surface area contributed by atoms with Gasteiger partial charge in [-0.3, -0.25) is 4.90 Å². The van der Waals surface area contributed by atoms with E-state index in [1.165, 1.54) is 5.56 Å². The quantitative estimate of drug-likeness (QED) is 0.941. The second-order valence-corrected chi connectivity index (χ2v) is 6.61. The molecule has 1 aliphatic carbocycles. The molecule has 1 saturated heterocycles. The van der Waals surface area contributed by atoms with Gasteiger partial charge in [0.05, 0.1) is 18.9 Å². The monoisotopic (exact) mass is 324 g/mol. The zero-order chi connectivity index (χ0) is 16.5. The molecule has 0 amide bonds. The Balaban J connectivity index is 1.44. The third-order valence-electron chi connectivity index (χ3n) is 5.38. The lowest BCUT2D eigenvalue weighted by Gasteiger charge is -2.40. The van der Waals surface area contributed by atoms with Crippen molar-refractivity contribution in [1.82, 2.24) is 4.90 Å². The van der Waals surface area contributed by atoms with E-state index < -0.39 is 0 Å². The van der Waals surface area contributed by atoms with Crippen molar-refractivity contribution in [3.63, 3.8) is 0 Å². The average Bonchev–Trinajstić information content (AvgIpc) is 2.99. The number of rotatable bonds is 3. The van der Waals surface area contributed by atoms with Crippen LogP contribution < -0.4 is 9.64 Å². The van der Waals surface area contributed by atoms with Gasteiger partial charge in [-0.05, 0) is 29.7 Å². The SMILES string of the molecule is COc1ccccc1N1CCN(C2Cc3ccccc3C2O)CC1. The standard InChI is InChI=1S/C20H24N2O2/c1-24-19-9-5-4-8-17(19)21-10-12-22(13-11-21)18-14-15-6-2-3-7-16(15)20(18)23/h2-9,18,20,23H,10-14H2,1H3. The summed E-state index contributed by atoms with van der Waals surface area (Å²) in [5.41, 5.74) is 3.56. The summed E-state index contributed by atoms with van der Waals surface area (Å²) in [5, 5.41) is 10.7. The highest BCUT2D eigenvalue weighted by molar-refractivity contribution is 5.58. The number of hydrogen-bond acceptors (Lipinski definition) is 4. The van der Waals surface area contributed by atoms with Crippen molar-refractivity contribution in [3.05, 3.63) is 59.7 Å². The summed E-state index contributed by atoms with van der Waals surface area (Å²) in [7, 11) is 1.72. The molecule has 0 bridgehead atoms. The molecule has 2 unspecified atom stereocenters. The fraction of sp³-hybridized carbons (Fsp3) is 0.400. The van der Waals surface area contributed by atoms with Crippen LogP contribution in [0.1, 0.15) is 17.2 Å². The Morgan fingerprint density at radius 1 is 0.958 bits per heavy atom. The third kappa shape index (κ3) is 2.66. The van der Waals surface area contributed by atoms with Crippen LogP contribution in [0.4, 0.5) is 5.69 Å². The maximum absolute atomic E-state index is 10.7. The van der Waals surface area contributed by atoms with E-state index in [9.17, 15) is 5.11 Å². The second kappa shape index (κ2) is 6.46. The Morgan fingerprint density at radius 2 is 1.67 bits per heavy atom. The summed E-state index contributed by atoms with van der Waals surface area (Å²) in [6, 6.07) is 16.7. The number of fused-ring (bicyclic) bond motifs is 1. The molecule has 2 aromatic carbocycles. The topological polar surface area (TPSA) is 35.9 Å². The number of para-hydroxylation sites is 2. The summed E-state index contributed by atoms with van der Waals surface area (Å²) in [6.07, 6.45) is 0.588. The molecule has 2 atom stereocenters. The van der Waals surface area contributed by atoms with Crippen LogP contribution >= 0.6 is 0 Å². The van der Waals surface area contributed by atoms with Gasteiger partial charge in [0.2, 0.25) is 0 Å². The van der Waals surface area contributed by atoms with Crippen LogP contribution in [-0.4, -0.2) is 49.3 Å². The van der Waals surface area contributed by atoms with Crippen molar-refractivity contribution >= 4 is 5.69 Å². The van der Waals surface area contributed by atoms with Gasteiger partial charge in [-0.1, -0.05) is 36.4 Å². The zero-order valence-corrected chi connectivity index (χ0v) is 14.1. The van der Waals surface area contributed by atoms with Crippen molar-refractivity contribution in [2.24, 2.45) is 0 Å². The summed E-state index contributed by atoms with van der Waals surface area (Å²) in [4.78, 5) is 4.82. The van der Waals surface area contributed by atoms with Gasteiger partial charge in [-0.25, -0.2) is 0 Å². The smallest absolute Gasteiger partial charge is 0.142 e. The predicted molar refractivity (Wildman–Crippen MR) is 95.7 cm³/mol. The van der Waals surface area contributed by atoms with E-state index in [2.05, 4.69) is 40.1 Å². The fourth-order valence-electron chi connectivity index (χ4n) is 4.07. The Morgan fingerprint density at radius 3 is 2.42 bits per heavy atom. The molecule has 0 spiro atoms. The van der Waals surface area contributed by atoms with E-state index >= 15 is 0 Å². The van der Waals surface area contributed by atoms with Crippen molar-refractivity contribution in [1.29, 1.82) is 0 Å². The molecule has 1 fully saturated rings. The number of aliphatic hydroxyl groups excluding tert-OH is 1. The molecule has 2 aromatic rings. The largest absolute Gasteiger partial charge is 0.495 e. The molecule has 0 radical (unpaired) electrons. The number of nitrogens with zero attached hydrogens (tertiary/aromatic N) is 2. The van der Waals surface area contributed by atoms with Crippen molar-refractivity contribution in [2.45, 2.75) is 18.6 Å². The molecular formula is C20H24N2O2. The van der Waals surface area contributed by atoms with Gasteiger partial charge < -0.3 is 14.7 Å². The van der Waals surface area contributed by atoms with Crippen LogP contribution in [0.5, 0.6) is 5.75 Å². The van der Waals surface area contributed by atoms with Crippen LogP contribution in [0.3, 0.4) is 0 Å². The number of hydrogen-bond donors (Lipinski definition) is 1. The van der Waals surface area contributed by atoms with Crippen LogP contribution in [0.25, 0.3) is 0 Å². The summed E-state index contributed by atoms with van der Waals surface area (Å²) < 4.78 is 5.49. The van der Waals surface area contributed by atoms with Gasteiger partial charge >= 0.3 is 0 Å². The van der Waals surface area contributed by atoms with Crippen LogP contribution in [0.2, 0.25) is 0 Å². The van der Waals surface area contributed by atoms with Crippen molar-refractivity contribution in [3.8, 4) is 5.75 Å². The van der Waals surface area contributed by atoms with Gasteiger partial charge in [0.1, 0.15) is 5.75 Å². The molecule has 126 valence electrons.